The summed E-state index contributed by atoms with van der Waals surface area (Å²) in [6.07, 6.45) is 2.88. The van der Waals surface area contributed by atoms with Crippen molar-refractivity contribution in [2.75, 3.05) is 7.05 Å². The number of likely N-dealkylation sites (N-methyl/N-ethyl adjacent to an activating group) is 1. The van der Waals surface area contributed by atoms with Gasteiger partial charge in [0.1, 0.15) is 0 Å². The fraction of sp³-hybridized carbons (Fsp3) is 0.308. The van der Waals surface area contributed by atoms with E-state index < -0.39 is 0 Å². The maximum atomic E-state index is 5.99. The lowest BCUT2D eigenvalue weighted by molar-refractivity contribution is 0.601. The first kappa shape index (κ1) is 12.6. The van der Waals surface area contributed by atoms with Crippen LogP contribution < -0.4 is 5.32 Å². The van der Waals surface area contributed by atoms with Gasteiger partial charge in [0.15, 0.2) is 0 Å². The third-order valence-electron chi connectivity index (χ3n) is 2.66. The van der Waals surface area contributed by atoms with Gasteiger partial charge in [0.25, 0.3) is 0 Å². The summed E-state index contributed by atoms with van der Waals surface area (Å²) in [5.74, 6) is 0. The smallest absolute Gasteiger partial charge is 0.0897 e. The predicted octanol–water partition coefficient (Wildman–Crippen LogP) is 3.61. The number of aromatic nitrogens is 1. The van der Waals surface area contributed by atoms with Gasteiger partial charge in [-0.2, -0.15) is 0 Å². The number of aryl methyl sites for hydroxylation is 1. The lowest BCUT2D eigenvalue weighted by atomic mass is 10.1. The molecule has 4 heteroatoms. The van der Waals surface area contributed by atoms with Crippen LogP contribution in [0.1, 0.15) is 21.5 Å². The molecular formula is C13H15ClN2S. The molecule has 0 saturated heterocycles. The zero-order chi connectivity index (χ0) is 12.3. The van der Waals surface area contributed by atoms with Crippen molar-refractivity contribution in [1.29, 1.82) is 0 Å². The van der Waals surface area contributed by atoms with E-state index in [1.807, 2.05) is 38.4 Å². The molecule has 1 heterocycles. The van der Waals surface area contributed by atoms with Crippen LogP contribution in [0, 0.1) is 6.92 Å². The van der Waals surface area contributed by atoms with Gasteiger partial charge in [-0.05, 0) is 38.1 Å². The van der Waals surface area contributed by atoms with Gasteiger partial charge in [-0.3, -0.25) is 0 Å². The van der Waals surface area contributed by atoms with Crippen molar-refractivity contribution >= 4 is 22.9 Å². The van der Waals surface area contributed by atoms with Crippen molar-refractivity contribution in [3.05, 3.63) is 50.9 Å². The second-order valence-electron chi connectivity index (χ2n) is 3.96. The van der Waals surface area contributed by atoms with Crippen LogP contribution in [-0.4, -0.2) is 12.0 Å². The molecule has 0 radical (unpaired) electrons. The summed E-state index contributed by atoms with van der Waals surface area (Å²) in [6, 6.07) is 8.31. The summed E-state index contributed by atoms with van der Waals surface area (Å²) in [7, 11) is 1.98. The Bertz CT molecular complexity index is 496. The minimum atomic E-state index is 0.305. The molecule has 1 aromatic heterocycles. The molecule has 1 N–H and O–H groups in total. The monoisotopic (exact) mass is 266 g/mol. The Balaban J connectivity index is 2.15. The second kappa shape index (κ2) is 5.63. The summed E-state index contributed by atoms with van der Waals surface area (Å²) in [5, 5.41) is 5.22. The van der Waals surface area contributed by atoms with Crippen LogP contribution in [0.2, 0.25) is 5.02 Å². The maximum absolute atomic E-state index is 5.99. The standard InChI is InChI=1S/C13H15ClN2S/c1-9-16-8-13(17-9)12(15-2)7-10-4-3-5-11(14)6-10/h3-6,8,12,15H,7H2,1-2H3. The molecule has 0 aliphatic heterocycles. The highest BCUT2D eigenvalue weighted by Gasteiger charge is 2.12. The number of nitrogens with zero attached hydrogens (tertiary/aromatic N) is 1. The van der Waals surface area contributed by atoms with Gasteiger partial charge in [-0.1, -0.05) is 23.7 Å². The Morgan fingerprint density at radius 3 is 2.88 bits per heavy atom. The molecule has 0 aliphatic rings. The van der Waals surface area contributed by atoms with Gasteiger partial charge in [0, 0.05) is 22.1 Å². The molecule has 1 unspecified atom stereocenters. The largest absolute Gasteiger partial charge is 0.312 e. The number of halogens is 1. The molecule has 0 fully saturated rings. The molecule has 1 aromatic carbocycles. The first-order chi connectivity index (χ1) is 8.19. The van der Waals surface area contributed by atoms with Gasteiger partial charge >= 0.3 is 0 Å². The number of benzene rings is 1. The van der Waals surface area contributed by atoms with Gasteiger partial charge in [0.05, 0.1) is 5.01 Å². The van der Waals surface area contributed by atoms with E-state index in [0.29, 0.717) is 6.04 Å². The highest BCUT2D eigenvalue weighted by molar-refractivity contribution is 7.11. The molecule has 90 valence electrons. The Morgan fingerprint density at radius 2 is 2.29 bits per heavy atom. The SMILES string of the molecule is CNC(Cc1cccc(Cl)c1)c1cnc(C)s1. The molecule has 2 rings (SSSR count). The number of rotatable bonds is 4. The predicted molar refractivity (Wildman–Crippen MR) is 73.8 cm³/mol. The van der Waals surface area contributed by atoms with Gasteiger partial charge in [-0.15, -0.1) is 11.3 Å². The van der Waals surface area contributed by atoms with E-state index in [0.717, 1.165) is 16.5 Å². The van der Waals surface area contributed by atoms with Crippen molar-refractivity contribution in [3.8, 4) is 0 Å². The van der Waals surface area contributed by atoms with Crippen LogP contribution in [0.3, 0.4) is 0 Å². The van der Waals surface area contributed by atoms with Gasteiger partial charge in [0.2, 0.25) is 0 Å². The normalized spacial score (nSPS) is 12.6. The molecule has 2 nitrogen and oxygen atoms in total. The third-order valence-corrected chi connectivity index (χ3v) is 3.92. The Kier molecular flexibility index (Phi) is 4.15. The molecule has 0 bridgehead atoms. The van der Waals surface area contributed by atoms with Crippen molar-refractivity contribution in [2.45, 2.75) is 19.4 Å². The lowest BCUT2D eigenvalue weighted by Gasteiger charge is -2.14. The van der Waals surface area contributed by atoms with E-state index >= 15 is 0 Å². The molecule has 0 saturated carbocycles. The molecule has 0 aliphatic carbocycles. The molecule has 2 aromatic rings. The fourth-order valence-corrected chi connectivity index (χ4v) is 2.89. The van der Waals surface area contributed by atoms with Crippen molar-refractivity contribution < 1.29 is 0 Å². The zero-order valence-corrected chi connectivity index (χ0v) is 11.5. The van der Waals surface area contributed by atoms with Crippen molar-refractivity contribution in [1.82, 2.24) is 10.3 Å². The number of hydrogen-bond acceptors (Lipinski definition) is 3. The van der Waals surface area contributed by atoms with E-state index in [1.165, 1.54) is 10.4 Å². The van der Waals surface area contributed by atoms with E-state index in [1.54, 1.807) is 11.3 Å². The Hall–Kier alpha value is -0.900. The average molecular weight is 267 g/mol. The molecule has 0 amide bonds. The third kappa shape index (κ3) is 3.28. The highest BCUT2D eigenvalue weighted by atomic mass is 35.5. The van der Waals surface area contributed by atoms with Crippen LogP contribution >= 0.6 is 22.9 Å². The van der Waals surface area contributed by atoms with Crippen LogP contribution in [0.15, 0.2) is 30.5 Å². The number of hydrogen-bond donors (Lipinski definition) is 1. The molecule has 0 spiro atoms. The van der Waals surface area contributed by atoms with E-state index in [2.05, 4.69) is 16.4 Å². The summed E-state index contributed by atoms with van der Waals surface area (Å²) >= 11 is 7.73. The van der Waals surface area contributed by atoms with Crippen molar-refractivity contribution in [2.24, 2.45) is 0 Å². The number of thiazole rings is 1. The molecule has 17 heavy (non-hydrogen) atoms. The summed E-state index contributed by atoms with van der Waals surface area (Å²) < 4.78 is 0. The van der Waals surface area contributed by atoms with Crippen LogP contribution in [0.5, 0.6) is 0 Å². The minimum Gasteiger partial charge on any atom is -0.312 e. The van der Waals surface area contributed by atoms with E-state index in [9.17, 15) is 0 Å². The number of nitrogens with one attached hydrogen (secondary N) is 1. The summed E-state index contributed by atoms with van der Waals surface area (Å²) in [5.41, 5.74) is 1.24. The molecule has 1 atom stereocenters. The minimum absolute atomic E-state index is 0.305. The second-order valence-corrected chi connectivity index (χ2v) is 5.66. The highest BCUT2D eigenvalue weighted by Crippen LogP contribution is 2.24. The Morgan fingerprint density at radius 1 is 1.47 bits per heavy atom. The van der Waals surface area contributed by atoms with Crippen molar-refractivity contribution in [3.63, 3.8) is 0 Å². The summed E-state index contributed by atoms with van der Waals surface area (Å²) in [4.78, 5) is 5.57. The maximum Gasteiger partial charge on any atom is 0.0897 e. The summed E-state index contributed by atoms with van der Waals surface area (Å²) in [6.45, 7) is 2.03. The molecular weight excluding hydrogens is 252 g/mol. The van der Waals surface area contributed by atoms with Gasteiger partial charge < -0.3 is 5.32 Å². The Labute approximate surface area is 111 Å². The first-order valence-corrected chi connectivity index (χ1v) is 6.72. The first-order valence-electron chi connectivity index (χ1n) is 5.53. The van der Waals surface area contributed by atoms with E-state index in [4.69, 9.17) is 11.6 Å². The van der Waals surface area contributed by atoms with Gasteiger partial charge in [-0.25, -0.2) is 4.98 Å². The topological polar surface area (TPSA) is 24.9 Å². The van der Waals surface area contributed by atoms with Crippen LogP contribution in [0.4, 0.5) is 0 Å². The quantitative estimate of drug-likeness (QED) is 0.915. The van der Waals surface area contributed by atoms with Crippen LogP contribution in [0.25, 0.3) is 0 Å². The fourth-order valence-electron chi connectivity index (χ4n) is 1.78. The van der Waals surface area contributed by atoms with Crippen LogP contribution in [-0.2, 0) is 6.42 Å². The van der Waals surface area contributed by atoms with E-state index in [-0.39, 0.29) is 0 Å². The zero-order valence-electron chi connectivity index (χ0n) is 9.90. The average Bonchev–Trinajstić information content (AvgIpc) is 2.73. The lowest BCUT2D eigenvalue weighted by Crippen LogP contribution is -2.17.